The van der Waals surface area contributed by atoms with E-state index >= 15 is 0 Å². The maximum absolute atomic E-state index is 13.8. The van der Waals surface area contributed by atoms with Crippen LogP contribution in [0.5, 0.6) is 0 Å². The summed E-state index contributed by atoms with van der Waals surface area (Å²) in [6.07, 6.45) is 7.28. The molecule has 14 nitrogen and oxygen atoms in total. The number of halogens is 4. The Balaban J connectivity index is 0.000000211. The van der Waals surface area contributed by atoms with E-state index in [-0.39, 0.29) is 11.8 Å². The molecule has 4 aromatic carbocycles. The number of ether oxygens (including phenoxy) is 2. The number of fused-ring (bicyclic) bond motifs is 2. The number of carbonyl (C=O) groups is 2. The fourth-order valence-corrected chi connectivity index (χ4v) is 8.63. The number of anilines is 4. The van der Waals surface area contributed by atoms with Crippen molar-refractivity contribution in [2.75, 3.05) is 86.1 Å². The van der Waals surface area contributed by atoms with Gasteiger partial charge < -0.3 is 40.5 Å². The summed E-state index contributed by atoms with van der Waals surface area (Å²) in [4.78, 5) is 49.2. The molecule has 0 radical (unpaired) electrons. The van der Waals surface area contributed by atoms with E-state index in [4.69, 9.17) is 19.4 Å². The van der Waals surface area contributed by atoms with Crippen LogP contribution in [0.15, 0.2) is 73.1 Å². The standard InChI is InChI=1S/2C27H33F2N5O2/c2*1-17(2)5-4-6-30-27(35)19-11-23(18(3)32-22-14-20(28)13-21(29)15-22)26-24(12-19)31-16-25(33-26)34-7-9-36-10-8-34/h2*11-18,32H,4-10H2,1-3H3,(H,30,35). The molecule has 8 rings (SSSR count). The van der Waals surface area contributed by atoms with Crippen LogP contribution in [-0.2, 0) is 9.47 Å². The lowest BCUT2D eigenvalue weighted by Gasteiger charge is -2.28. The Labute approximate surface area is 418 Å². The van der Waals surface area contributed by atoms with Gasteiger partial charge in [-0.15, -0.1) is 0 Å². The van der Waals surface area contributed by atoms with Crippen molar-refractivity contribution in [3.63, 3.8) is 0 Å². The molecule has 4 heterocycles. The lowest BCUT2D eigenvalue weighted by atomic mass is 10.0. The second-order valence-electron chi connectivity index (χ2n) is 19.2. The Bertz CT molecular complexity index is 2580. The van der Waals surface area contributed by atoms with Gasteiger partial charge in [-0.3, -0.25) is 19.6 Å². The van der Waals surface area contributed by atoms with Gasteiger partial charge in [-0.25, -0.2) is 27.5 Å². The van der Waals surface area contributed by atoms with E-state index in [9.17, 15) is 27.2 Å². The van der Waals surface area contributed by atoms with Gasteiger partial charge in [-0.2, -0.15) is 0 Å². The van der Waals surface area contributed by atoms with Gasteiger partial charge in [0.15, 0.2) is 0 Å². The number of nitrogens with one attached hydrogen (secondary N) is 4. The van der Waals surface area contributed by atoms with Crippen LogP contribution in [0.25, 0.3) is 22.1 Å². The first-order chi connectivity index (χ1) is 34.6. The zero-order chi connectivity index (χ0) is 51.3. The second-order valence-corrected chi connectivity index (χ2v) is 19.2. The van der Waals surface area contributed by atoms with Crippen LogP contribution in [0.4, 0.5) is 40.6 Å². The molecule has 2 aliphatic rings. The van der Waals surface area contributed by atoms with Crippen LogP contribution in [0, 0.1) is 35.1 Å². The van der Waals surface area contributed by atoms with Gasteiger partial charge in [0.25, 0.3) is 11.8 Å². The number of amides is 2. The third kappa shape index (κ3) is 14.7. The number of nitrogens with zero attached hydrogens (tertiary/aromatic N) is 6. The first-order valence-electron chi connectivity index (χ1n) is 24.9. The molecule has 2 unspecified atom stereocenters. The van der Waals surface area contributed by atoms with Gasteiger partial charge in [-0.1, -0.05) is 27.7 Å². The zero-order valence-electron chi connectivity index (χ0n) is 42.0. The highest BCUT2D eigenvalue weighted by atomic mass is 19.1. The van der Waals surface area contributed by atoms with E-state index in [0.717, 1.165) is 49.5 Å². The van der Waals surface area contributed by atoms with E-state index in [0.29, 0.717) is 133 Å². The fraction of sp³-hybridized carbons (Fsp3) is 0.444. The van der Waals surface area contributed by atoms with E-state index < -0.39 is 35.4 Å². The predicted molar refractivity (Wildman–Crippen MR) is 275 cm³/mol. The molecule has 0 saturated carbocycles. The van der Waals surface area contributed by atoms with Gasteiger partial charge in [0, 0.05) is 85.0 Å². The molecule has 0 spiro atoms. The minimum Gasteiger partial charge on any atom is -0.378 e. The molecule has 2 atom stereocenters. The normalized spacial score (nSPS) is 14.8. The summed E-state index contributed by atoms with van der Waals surface area (Å²) >= 11 is 0. The number of carbonyl (C=O) groups excluding carboxylic acids is 2. The van der Waals surface area contributed by atoms with Crippen LogP contribution >= 0.6 is 0 Å². The van der Waals surface area contributed by atoms with Gasteiger partial charge in [-0.05, 0) is 99.9 Å². The van der Waals surface area contributed by atoms with Crippen LogP contribution < -0.4 is 31.1 Å². The Kier molecular flexibility index (Phi) is 18.6. The molecule has 4 N–H and O–H groups in total. The smallest absolute Gasteiger partial charge is 0.251 e. The minimum absolute atomic E-state index is 0.190. The molecular formula is C54H66F4N10O4. The summed E-state index contributed by atoms with van der Waals surface area (Å²) < 4.78 is 66.0. The molecule has 2 amide bonds. The van der Waals surface area contributed by atoms with Crippen molar-refractivity contribution in [2.24, 2.45) is 11.8 Å². The molecule has 0 aliphatic carbocycles. The molecule has 384 valence electrons. The van der Waals surface area contributed by atoms with Crippen LogP contribution in [0.2, 0.25) is 0 Å². The molecule has 2 saturated heterocycles. The van der Waals surface area contributed by atoms with Crippen molar-refractivity contribution in [1.29, 1.82) is 0 Å². The van der Waals surface area contributed by atoms with E-state index in [1.807, 2.05) is 13.8 Å². The number of hydrogen-bond acceptors (Lipinski definition) is 12. The Morgan fingerprint density at radius 3 is 1.25 bits per heavy atom. The first-order valence-corrected chi connectivity index (χ1v) is 24.9. The van der Waals surface area contributed by atoms with E-state index in [1.54, 1.807) is 36.7 Å². The van der Waals surface area contributed by atoms with Gasteiger partial charge >= 0.3 is 0 Å². The lowest BCUT2D eigenvalue weighted by molar-refractivity contribution is 0.0944. The number of aromatic nitrogens is 4. The van der Waals surface area contributed by atoms with Gasteiger partial charge in [0.05, 0.1) is 73.0 Å². The summed E-state index contributed by atoms with van der Waals surface area (Å²) in [5.41, 5.74) is 5.39. The first kappa shape index (κ1) is 53.1. The molecule has 18 heteroatoms. The number of benzene rings is 4. The fourth-order valence-electron chi connectivity index (χ4n) is 8.63. The SMILES string of the molecule is CC(C)CCCNC(=O)c1cc(C(C)Nc2cc(F)cc(F)c2)c2nc(N3CCOCC3)cnc2c1.CC(C)CCCNC(=O)c1cc(C(C)Nc2cc(F)cc(F)c2)c2nc(N3CCOCC3)cnc2c1. The zero-order valence-corrected chi connectivity index (χ0v) is 42.0. The number of hydrogen-bond donors (Lipinski definition) is 4. The van der Waals surface area contributed by atoms with Crippen LogP contribution in [-0.4, -0.2) is 97.4 Å². The average molecular weight is 995 g/mol. The summed E-state index contributed by atoms with van der Waals surface area (Å²) in [5.74, 6) is -0.456. The quantitative estimate of drug-likeness (QED) is 0.0478. The van der Waals surface area contributed by atoms with Crippen molar-refractivity contribution >= 4 is 56.9 Å². The molecule has 72 heavy (non-hydrogen) atoms. The van der Waals surface area contributed by atoms with Crippen molar-refractivity contribution < 1.29 is 36.6 Å². The largest absolute Gasteiger partial charge is 0.378 e. The third-order valence-electron chi connectivity index (χ3n) is 12.4. The van der Waals surface area contributed by atoms with Crippen LogP contribution in [0.1, 0.15) is 111 Å². The maximum Gasteiger partial charge on any atom is 0.251 e. The molecule has 2 aromatic heterocycles. The summed E-state index contributed by atoms with van der Waals surface area (Å²) in [7, 11) is 0. The summed E-state index contributed by atoms with van der Waals surface area (Å²) in [6, 6.07) is 12.8. The Hall–Kier alpha value is -6.66. The van der Waals surface area contributed by atoms with E-state index in [1.165, 1.54) is 24.3 Å². The van der Waals surface area contributed by atoms with Crippen molar-refractivity contribution in [3.8, 4) is 0 Å². The third-order valence-corrected chi connectivity index (χ3v) is 12.4. The molecule has 6 aromatic rings. The summed E-state index contributed by atoms with van der Waals surface area (Å²) in [6.45, 7) is 18.8. The second kappa shape index (κ2) is 25.1. The molecular weight excluding hydrogens is 929 g/mol. The minimum atomic E-state index is -0.668. The maximum atomic E-state index is 13.8. The summed E-state index contributed by atoms with van der Waals surface area (Å²) in [5, 5.41) is 12.3. The lowest BCUT2D eigenvalue weighted by Crippen LogP contribution is -2.36. The van der Waals surface area contributed by atoms with Gasteiger partial charge in [0.2, 0.25) is 0 Å². The average Bonchev–Trinajstić information content (AvgIpc) is 3.35. The van der Waals surface area contributed by atoms with Crippen molar-refractivity contribution in [2.45, 2.75) is 79.3 Å². The number of rotatable bonds is 18. The molecule has 0 bridgehead atoms. The highest BCUT2D eigenvalue weighted by molar-refractivity contribution is 5.99. The predicted octanol–water partition coefficient (Wildman–Crippen LogP) is 10.2. The molecule has 2 fully saturated rings. The highest BCUT2D eigenvalue weighted by Crippen LogP contribution is 2.31. The highest BCUT2D eigenvalue weighted by Gasteiger charge is 2.22. The molecule has 2 aliphatic heterocycles. The van der Waals surface area contributed by atoms with Crippen molar-refractivity contribution in [3.05, 3.63) is 119 Å². The van der Waals surface area contributed by atoms with Gasteiger partial charge in [0.1, 0.15) is 34.9 Å². The number of morpholine rings is 2. The van der Waals surface area contributed by atoms with E-state index in [2.05, 4.69) is 68.7 Å². The Morgan fingerprint density at radius 1 is 0.542 bits per heavy atom. The topological polar surface area (TPSA) is 159 Å². The monoisotopic (exact) mass is 995 g/mol. The van der Waals surface area contributed by atoms with Crippen molar-refractivity contribution in [1.82, 2.24) is 30.6 Å². The Morgan fingerprint density at radius 2 is 0.903 bits per heavy atom. The van der Waals surface area contributed by atoms with Crippen LogP contribution in [0.3, 0.4) is 0 Å².